The molecule has 0 bridgehead atoms. The van der Waals surface area contributed by atoms with Crippen LogP contribution >= 0.6 is 0 Å². The van der Waals surface area contributed by atoms with Crippen molar-refractivity contribution in [2.45, 2.75) is 26.3 Å². The molecule has 0 aliphatic heterocycles. The van der Waals surface area contributed by atoms with Crippen LogP contribution in [-0.2, 0) is 6.54 Å². The number of hydrogen-bond acceptors (Lipinski definition) is 5. The second-order valence-corrected chi connectivity index (χ2v) is 4.91. The molecule has 0 fully saturated rings. The minimum atomic E-state index is 0.375. The standard InChI is InChI=1S/C15H20N4O/c1-10(2)13-7-15(19-9-18-13)17-8-11-6-12(16)4-5-14(11)20-3/h4-7,9-10H,8,16H2,1-3H3,(H,17,18,19). The van der Waals surface area contributed by atoms with Gasteiger partial charge in [-0.15, -0.1) is 0 Å². The maximum absolute atomic E-state index is 5.81. The maximum atomic E-state index is 5.81. The first kappa shape index (κ1) is 14.1. The third kappa shape index (κ3) is 3.38. The van der Waals surface area contributed by atoms with Crippen molar-refractivity contribution >= 4 is 11.5 Å². The fraction of sp³-hybridized carbons (Fsp3) is 0.333. The van der Waals surface area contributed by atoms with Gasteiger partial charge in [-0.3, -0.25) is 0 Å². The number of aromatic nitrogens is 2. The number of rotatable bonds is 5. The van der Waals surface area contributed by atoms with Crippen LogP contribution in [0.3, 0.4) is 0 Å². The van der Waals surface area contributed by atoms with E-state index in [1.54, 1.807) is 13.4 Å². The molecule has 5 heteroatoms. The maximum Gasteiger partial charge on any atom is 0.129 e. The van der Waals surface area contributed by atoms with Gasteiger partial charge in [0.25, 0.3) is 0 Å². The SMILES string of the molecule is COc1ccc(N)cc1CNc1cc(C(C)C)ncn1. The van der Waals surface area contributed by atoms with Gasteiger partial charge in [-0.1, -0.05) is 13.8 Å². The van der Waals surface area contributed by atoms with Crippen LogP contribution in [0.25, 0.3) is 0 Å². The molecule has 0 amide bonds. The van der Waals surface area contributed by atoms with Gasteiger partial charge in [0.1, 0.15) is 17.9 Å². The van der Waals surface area contributed by atoms with Gasteiger partial charge in [-0.25, -0.2) is 9.97 Å². The molecular formula is C15H20N4O. The van der Waals surface area contributed by atoms with Crippen LogP contribution in [0.1, 0.15) is 31.0 Å². The van der Waals surface area contributed by atoms with Crippen LogP contribution < -0.4 is 15.8 Å². The van der Waals surface area contributed by atoms with Gasteiger partial charge in [0.2, 0.25) is 0 Å². The minimum absolute atomic E-state index is 0.375. The van der Waals surface area contributed by atoms with Crippen molar-refractivity contribution in [3.05, 3.63) is 41.9 Å². The van der Waals surface area contributed by atoms with E-state index in [0.717, 1.165) is 22.8 Å². The Morgan fingerprint density at radius 2 is 2.05 bits per heavy atom. The van der Waals surface area contributed by atoms with Crippen molar-refractivity contribution in [3.63, 3.8) is 0 Å². The van der Waals surface area contributed by atoms with E-state index in [0.29, 0.717) is 18.2 Å². The topological polar surface area (TPSA) is 73.1 Å². The van der Waals surface area contributed by atoms with E-state index >= 15 is 0 Å². The van der Waals surface area contributed by atoms with Crippen molar-refractivity contribution in [2.75, 3.05) is 18.2 Å². The lowest BCUT2D eigenvalue weighted by molar-refractivity contribution is 0.410. The largest absolute Gasteiger partial charge is 0.496 e. The minimum Gasteiger partial charge on any atom is -0.496 e. The summed E-state index contributed by atoms with van der Waals surface area (Å²) in [4.78, 5) is 8.47. The molecular weight excluding hydrogens is 252 g/mol. The molecule has 5 nitrogen and oxygen atoms in total. The average molecular weight is 272 g/mol. The molecule has 0 saturated heterocycles. The third-order valence-corrected chi connectivity index (χ3v) is 3.04. The number of methoxy groups -OCH3 is 1. The highest BCUT2D eigenvalue weighted by Gasteiger charge is 2.06. The smallest absolute Gasteiger partial charge is 0.129 e. The quantitative estimate of drug-likeness (QED) is 0.819. The third-order valence-electron chi connectivity index (χ3n) is 3.04. The monoisotopic (exact) mass is 272 g/mol. The van der Waals surface area contributed by atoms with Crippen LogP contribution in [0.5, 0.6) is 5.75 Å². The fourth-order valence-electron chi connectivity index (χ4n) is 1.91. The van der Waals surface area contributed by atoms with Crippen LogP contribution in [0, 0.1) is 0 Å². The zero-order valence-electron chi connectivity index (χ0n) is 12.1. The first-order valence-corrected chi connectivity index (χ1v) is 6.58. The summed E-state index contributed by atoms with van der Waals surface area (Å²) >= 11 is 0. The molecule has 2 aromatic rings. The number of nitrogens with zero attached hydrogens (tertiary/aromatic N) is 2. The second-order valence-electron chi connectivity index (χ2n) is 4.91. The van der Waals surface area contributed by atoms with Gasteiger partial charge in [-0.2, -0.15) is 0 Å². The summed E-state index contributed by atoms with van der Waals surface area (Å²) in [5, 5.41) is 3.27. The first-order chi connectivity index (χ1) is 9.60. The molecule has 0 aliphatic carbocycles. The van der Waals surface area contributed by atoms with E-state index in [2.05, 4.69) is 29.1 Å². The lowest BCUT2D eigenvalue weighted by Gasteiger charge is -2.12. The van der Waals surface area contributed by atoms with Crippen molar-refractivity contribution in [3.8, 4) is 5.75 Å². The summed E-state index contributed by atoms with van der Waals surface area (Å²) < 4.78 is 5.32. The number of ether oxygens (including phenoxy) is 1. The Morgan fingerprint density at radius 3 is 2.75 bits per heavy atom. The molecule has 3 N–H and O–H groups in total. The van der Waals surface area contributed by atoms with Gasteiger partial charge in [0.15, 0.2) is 0 Å². The van der Waals surface area contributed by atoms with E-state index in [9.17, 15) is 0 Å². The molecule has 20 heavy (non-hydrogen) atoms. The van der Waals surface area contributed by atoms with Crippen LogP contribution in [0.15, 0.2) is 30.6 Å². The Labute approximate surface area is 119 Å². The summed E-state index contributed by atoms with van der Waals surface area (Å²) in [6.45, 7) is 4.81. The van der Waals surface area contributed by atoms with Crippen molar-refractivity contribution in [1.82, 2.24) is 9.97 Å². The molecule has 1 aromatic carbocycles. The summed E-state index contributed by atoms with van der Waals surface area (Å²) in [6.07, 6.45) is 1.58. The zero-order valence-corrected chi connectivity index (χ0v) is 12.1. The lowest BCUT2D eigenvalue weighted by atomic mass is 10.1. The van der Waals surface area contributed by atoms with Crippen molar-refractivity contribution in [1.29, 1.82) is 0 Å². The number of nitrogens with two attached hydrogens (primary N) is 1. The van der Waals surface area contributed by atoms with Gasteiger partial charge in [-0.05, 0) is 24.1 Å². The number of nitrogens with one attached hydrogen (secondary N) is 1. The second kappa shape index (κ2) is 6.23. The zero-order chi connectivity index (χ0) is 14.5. The molecule has 0 radical (unpaired) electrons. The normalized spacial score (nSPS) is 10.6. The van der Waals surface area contributed by atoms with Gasteiger partial charge < -0.3 is 15.8 Å². The highest BCUT2D eigenvalue weighted by Crippen LogP contribution is 2.22. The molecule has 106 valence electrons. The van der Waals surface area contributed by atoms with Crippen LogP contribution in [-0.4, -0.2) is 17.1 Å². The Bertz CT molecular complexity index is 584. The summed E-state index contributed by atoms with van der Waals surface area (Å²) in [5.41, 5.74) is 8.54. The predicted molar refractivity (Wildman–Crippen MR) is 80.9 cm³/mol. The Kier molecular flexibility index (Phi) is 4.40. The van der Waals surface area contributed by atoms with Crippen molar-refractivity contribution < 1.29 is 4.74 Å². The number of hydrogen-bond donors (Lipinski definition) is 2. The molecule has 0 aliphatic rings. The first-order valence-electron chi connectivity index (χ1n) is 6.58. The highest BCUT2D eigenvalue weighted by atomic mass is 16.5. The molecule has 0 atom stereocenters. The molecule has 1 heterocycles. The fourth-order valence-corrected chi connectivity index (χ4v) is 1.91. The van der Waals surface area contributed by atoms with E-state index in [4.69, 9.17) is 10.5 Å². The van der Waals surface area contributed by atoms with Crippen LogP contribution in [0.4, 0.5) is 11.5 Å². The number of nitrogen functional groups attached to an aromatic ring is 1. The van der Waals surface area contributed by atoms with Crippen molar-refractivity contribution in [2.24, 2.45) is 0 Å². The lowest BCUT2D eigenvalue weighted by Crippen LogP contribution is -2.05. The average Bonchev–Trinajstić information content (AvgIpc) is 2.45. The van der Waals surface area contributed by atoms with Gasteiger partial charge in [0.05, 0.1) is 7.11 Å². The molecule has 0 saturated carbocycles. The van der Waals surface area contributed by atoms with E-state index in [-0.39, 0.29) is 0 Å². The number of anilines is 2. The van der Waals surface area contributed by atoms with E-state index < -0.39 is 0 Å². The van der Waals surface area contributed by atoms with Gasteiger partial charge >= 0.3 is 0 Å². The summed E-state index contributed by atoms with van der Waals surface area (Å²) in [6, 6.07) is 7.55. The van der Waals surface area contributed by atoms with Crippen LogP contribution in [0.2, 0.25) is 0 Å². The van der Waals surface area contributed by atoms with Gasteiger partial charge in [0, 0.05) is 29.6 Å². The van der Waals surface area contributed by atoms with E-state index in [1.807, 2.05) is 24.3 Å². The molecule has 2 rings (SSSR count). The predicted octanol–water partition coefficient (Wildman–Crippen LogP) is 2.80. The van der Waals surface area contributed by atoms with E-state index in [1.165, 1.54) is 0 Å². The Morgan fingerprint density at radius 1 is 1.25 bits per heavy atom. The highest BCUT2D eigenvalue weighted by molar-refractivity contribution is 5.49. The molecule has 0 unspecified atom stereocenters. The summed E-state index contributed by atoms with van der Waals surface area (Å²) in [5.74, 6) is 1.98. The molecule has 1 aromatic heterocycles. The Balaban J connectivity index is 2.12. The number of benzene rings is 1. The molecule has 0 spiro atoms. The Hall–Kier alpha value is -2.30. The summed E-state index contributed by atoms with van der Waals surface area (Å²) in [7, 11) is 1.65.